The van der Waals surface area contributed by atoms with Crippen LogP contribution in [-0.4, -0.2) is 22.3 Å². The Morgan fingerprint density at radius 1 is 1.47 bits per heavy atom. The summed E-state index contributed by atoms with van der Waals surface area (Å²) in [5, 5.41) is 0.679. The summed E-state index contributed by atoms with van der Waals surface area (Å²) in [6.07, 6.45) is 1.38. The summed E-state index contributed by atoms with van der Waals surface area (Å²) in [6.45, 7) is 3.86. The Morgan fingerprint density at radius 2 is 2.32 bits per heavy atom. The van der Waals surface area contributed by atoms with Gasteiger partial charge in [0.25, 0.3) is 0 Å². The standard InChI is InChI=1S/C14H16Cl2N2O/c1-9-10(5-6-19-9)8-18-12-4-2-3-11(16)14(12)17-13(18)7-15/h2-4,9-10H,5-8H2,1H3. The lowest BCUT2D eigenvalue weighted by molar-refractivity contribution is 0.102. The molecule has 2 atom stereocenters. The van der Waals surface area contributed by atoms with Crippen molar-refractivity contribution in [2.45, 2.75) is 31.9 Å². The lowest BCUT2D eigenvalue weighted by atomic mass is 10.0. The monoisotopic (exact) mass is 298 g/mol. The molecule has 0 saturated carbocycles. The number of aromatic nitrogens is 2. The maximum absolute atomic E-state index is 6.20. The molecular weight excluding hydrogens is 283 g/mol. The smallest absolute Gasteiger partial charge is 0.124 e. The Bertz CT molecular complexity index is 596. The van der Waals surface area contributed by atoms with E-state index < -0.39 is 0 Å². The second-order valence-corrected chi connectivity index (χ2v) is 5.68. The maximum atomic E-state index is 6.20. The molecule has 1 aromatic carbocycles. The highest BCUT2D eigenvalue weighted by Gasteiger charge is 2.26. The Balaban J connectivity index is 2.03. The van der Waals surface area contributed by atoms with Gasteiger partial charge in [0.1, 0.15) is 11.3 Å². The van der Waals surface area contributed by atoms with E-state index in [1.54, 1.807) is 0 Å². The second-order valence-electron chi connectivity index (χ2n) is 5.00. The Labute approximate surface area is 122 Å². The Hall–Kier alpha value is -0.770. The van der Waals surface area contributed by atoms with Crippen LogP contribution in [0.5, 0.6) is 0 Å². The number of hydrogen-bond acceptors (Lipinski definition) is 2. The van der Waals surface area contributed by atoms with E-state index in [9.17, 15) is 0 Å². The van der Waals surface area contributed by atoms with E-state index in [1.807, 2.05) is 18.2 Å². The van der Waals surface area contributed by atoms with Crippen LogP contribution < -0.4 is 0 Å². The minimum atomic E-state index is 0.291. The number of halogens is 2. The van der Waals surface area contributed by atoms with Crippen LogP contribution in [0.15, 0.2) is 18.2 Å². The summed E-state index contributed by atoms with van der Waals surface area (Å²) >= 11 is 12.2. The van der Waals surface area contributed by atoms with Crippen LogP contribution in [0.2, 0.25) is 5.02 Å². The van der Waals surface area contributed by atoms with Crippen LogP contribution in [0.3, 0.4) is 0 Å². The van der Waals surface area contributed by atoms with E-state index in [-0.39, 0.29) is 0 Å². The normalized spacial score (nSPS) is 23.3. The minimum absolute atomic E-state index is 0.291. The van der Waals surface area contributed by atoms with Crippen molar-refractivity contribution in [2.75, 3.05) is 6.61 Å². The first-order chi connectivity index (χ1) is 9.20. The highest BCUT2D eigenvalue weighted by Crippen LogP contribution is 2.28. The first kappa shape index (κ1) is 13.2. The van der Waals surface area contributed by atoms with Crippen molar-refractivity contribution < 1.29 is 4.74 Å². The number of rotatable bonds is 3. The summed E-state index contributed by atoms with van der Waals surface area (Å²) in [7, 11) is 0. The predicted octanol–water partition coefficient (Wildman–Crippen LogP) is 3.85. The van der Waals surface area contributed by atoms with Gasteiger partial charge < -0.3 is 9.30 Å². The molecule has 1 aliphatic heterocycles. The molecule has 1 fully saturated rings. The highest BCUT2D eigenvalue weighted by molar-refractivity contribution is 6.35. The summed E-state index contributed by atoms with van der Waals surface area (Å²) < 4.78 is 7.82. The number of ether oxygens (including phenoxy) is 1. The third-order valence-corrected chi connectivity index (χ3v) is 4.42. The van der Waals surface area contributed by atoms with Crippen LogP contribution in [0.25, 0.3) is 11.0 Å². The zero-order valence-corrected chi connectivity index (χ0v) is 12.3. The molecule has 0 spiro atoms. The van der Waals surface area contributed by atoms with Gasteiger partial charge in [-0.05, 0) is 25.5 Å². The topological polar surface area (TPSA) is 27.1 Å². The molecular formula is C14H16Cl2N2O. The van der Waals surface area contributed by atoms with E-state index in [0.717, 1.165) is 36.4 Å². The van der Waals surface area contributed by atoms with E-state index >= 15 is 0 Å². The van der Waals surface area contributed by atoms with E-state index in [0.29, 0.717) is 22.9 Å². The first-order valence-electron chi connectivity index (χ1n) is 6.52. The van der Waals surface area contributed by atoms with Crippen molar-refractivity contribution in [1.29, 1.82) is 0 Å². The molecule has 2 heterocycles. The largest absolute Gasteiger partial charge is 0.378 e. The van der Waals surface area contributed by atoms with Crippen molar-refractivity contribution >= 4 is 34.2 Å². The molecule has 1 saturated heterocycles. The molecule has 3 rings (SSSR count). The van der Waals surface area contributed by atoms with E-state index in [1.165, 1.54) is 0 Å². The molecule has 2 unspecified atom stereocenters. The summed E-state index contributed by atoms with van der Waals surface area (Å²) in [5.41, 5.74) is 1.90. The third-order valence-electron chi connectivity index (χ3n) is 3.88. The quantitative estimate of drug-likeness (QED) is 0.805. The van der Waals surface area contributed by atoms with Crippen molar-refractivity contribution in [1.82, 2.24) is 9.55 Å². The van der Waals surface area contributed by atoms with Crippen LogP contribution >= 0.6 is 23.2 Å². The fourth-order valence-corrected chi connectivity index (χ4v) is 3.13. The first-order valence-corrected chi connectivity index (χ1v) is 7.43. The fourth-order valence-electron chi connectivity index (χ4n) is 2.72. The van der Waals surface area contributed by atoms with Crippen LogP contribution in [-0.2, 0) is 17.2 Å². The number of fused-ring (bicyclic) bond motifs is 1. The van der Waals surface area contributed by atoms with Gasteiger partial charge in [0.05, 0.1) is 22.5 Å². The van der Waals surface area contributed by atoms with Crippen LogP contribution in [0.1, 0.15) is 19.2 Å². The van der Waals surface area contributed by atoms with Gasteiger partial charge in [-0.2, -0.15) is 0 Å². The highest BCUT2D eigenvalue weighted by atomic mass is 35.5. The second kappa shape index (κ2) is 5.31. The molecule has 0 radical (unpaired) electrons. The van der Waals surface area contributed by atoms with Gasteiger partial charge in [-0.25, -0.2) is 4.98 Å². The molecule has 0 amide bonds. The van der Waals surface area contributed by atoms with Gasteiger partial charge in [-0.3, -0.25) is 0 Å². The lowest BCUT2D eigenvalue weighted by Gasteiger charge is -2.16. The minimum Gasteiger partial charge on any atom is -0.378 e. The number of imidazole rings is 1. The van der Waals surface area contributed by atoms with Crippen molar-refractivity contribution in [3.8, 4) is 0 Å². The fraction of sp³-hybridized carbons (Fsp3) is 0.500. The number of alkyl halides is 1. The number of hydrogen-bond donors (Lipinski definition) is 0. The number of nitrogens with zero attached hydrogens (tertiary/aromatic N) is 2. The molecule has 102 valence electrons. The molecule has 1 aliphatic rings. The molecule has 0 N–H and O–H groups in total. The zero-order valence-electron chi connectivity index (χ0n) is 10.8. The van der Waals surface area contributed by atoms with Crippen molar-refractivity contribution in [3.05, 3.63) is 29.0 Å². The maximum Gasteiger partial charge on any atom is 0.124 e. The average Bonchev–Trinajstić information content (AvgIpc) is 2.96. The third kappa shape index (κ3) is 2.35. The number of para-hydroxylation sites is 1. The van der Waals surface area contributed by atoms with Gasteiger partial charge in [-0.15, -0.1) is 11.6 Å². The van der Waals surface area contributed by atoms with Crippen LogP contribution in [0.4, 0.5) is 0 Å². The van der Waals surface area contributed by atoms with Gasteiger partial charge >= 0.3 is 0 Å². The molecule has 2 aromatic rings. The molecule has 5 heteroatoms. The molecule has 0 bridgehead atoms. The summed E-state index contributed by atoms with van der Waals surface area (Å²) in [4.78, 5) is 4.56. The number of benzene rings is 1. The predicted molar refractivity (Wildman–Crippen MR) is 77.8 cm³/mol. The molecule has 3 nitrogen and oxygen atoms in total. The molecule has 1 aromatic heterocycles. The summed E-state index contributed by atoms with van der Waals surface area (Å²) in [6, 6.07) is 5.86. The average molecular weight is 299 g/mol. The Morgan fingerprint density at radius 3 is 3.00 bits per heavy atom. The summed E-state index contributed by atoms with van der Waals surface area (Å²) in [5.74, 6) is 1.79. The molecule has 0 aliphatic carbocycles. The SMILES string of the molecule is CC1OCCC1Cn1c(CCl)nc2c(Cl)cccc21. The van der Waals surface area contributed by atoms with Gasteiger partial charge in [0.15, 0.2) is 0 Å². The Kier molecular flexibility index (Phi) is 3.70. The van der Waals surface area contributed by atoms with Gasteiger partial charge in [0.2, 0.25) is 0 Å². The van der Waals surface area contributed by atoms with Gasteiger partial charge in [0, 0.05) is 19.1 Å². The van der Waals surface area contributed by atoms with E-state index in [2.05, 4.69) is 16.5 Å². The van der Waals surface area contributed by atoms with E-state index in [4.69, 9.17) is 27.9 Å². The van der Waals surface area contributed by atoms with Crippen LogP contribution in [0, 0.1) is 5.92 Å². The van der Waals surface area contributed by atoms with Crippen molar-refractivity contribution in [3.63, 3.8) is 0 Å². The molecule has 19 heavy (non-hydrogen) atoms. The van der Waals surface area contributed by atoms with Gasteiger partial charge in [-0.1, -0.05) is 17.7 Å². The lowest BCUT2D eigenvalue weighted by Crippen LogP contribution is -2.19. The van der Waals surface area contributed by atoms with Crippen molar-refractivity contribution in [2.24, 2.45) is 5.92 Å². The zero-order chi connectivity index (χ0) is 13.4.